The van der Waals surface area contributed by atoms with Gasteiger partial charge in [0.05, 0.1) is 12.3 Å². The number of nitrogens with zero attached hydrogens (tertiary/aromatic N) is 1. The van der Waals surface area contributed by atoms with E-state index in [4.69, 9.17) is 0 Å². The summed E-state index contributed by atoms with van der Waals surface area (Å²) >= 11 is 2.29. The molecule has 74 valence electrons. The average molecular weight is 301 g/mol. The Morgan fingerprint density at radius 2 is 2.14 bits per heavy atom. The maximum atomic E-state index is 9.90. The molecule has 14 heavy (non-hydrogen) atoms. The highest BCUT2D eigenvalue weighted by atomic mass is 127. The van der Waals surface area contributed by atoms with E-state index in [1.165, 1.54) is 9.13 Å². The molecule has 0 saturated heterocycles. The fourth-order valence-electron chi connectivity index (χ4n) is 1.70. The highest BCUT2D eigenvalue weighted by Crippen LogP contribution is 2.26. The number of hydrogen-bond acceptors (Lipinski definition) is 2. The Hall–Kier alpha value is -0.420. The number of aliphatic imine (C=N–C) groups is 1. The van der Waals surface area contributed by atoms with Gasteiger partial charge < -0.3 is 5.11 Å². The zero-order valence-corrected chi connectivity index (χ0v) is 10.4. The third kappa shape index (κ3) is 1.70. The van der Waals surface area contributed by atoms with Crippen LogP contribution in [0.1, 0.15) is 25.0 Å². The molecule has 0 bridgehead atoms. The van der Waals surface area contributed by atoms with Crippen molar-refractivity contribution in [2.45, 2.75) is 26.0 Å². The Morgan fingerprint density at radius 3 is 2.79 bits per heavy atom. The van der Waals surface area contributed by atoms with Gasteiger partial charge in [0.25, 0.3) is 0 Å². The standard InChI is InChI=1S/C11H12INO/c1-11(2,14)10-9-4-3-8(12)5-7(9)6-13-10/h3-5,14H,6H2,1-2H3. The van der Waals surface area contributed by atoms with Crippen LogP contribution in [0, 0.1) is 3.57 Å². The van der Waals surface area contributed by atoms with Gasteiger partial charge in [-0.05, 0) is 54.1 Å². The third-order valence-electron chi connectivity index (χ3n) is 2.31. The highest BCUT2D eigenvalue weighted by molar-refractivity contribution is 14.1. The first-order valence-corrected chi connectivity index (χ1v) is 5.62. The SMILES string of the molecule is CC(C)(O)C1=NCc2cc(I)ccc21. The molecule has 1 aliphatic heterocycles. The molecule has 2 rings (SSSR count). The van der Waals surface area contributed by atoms with Gasteiger partial charge in [0.1, 0.15) is 5.60 Å². The number of hydrogen-bond donors (Lipinski definition) is 1. The van der Waals surface area contributed by atoms with Crippen molar-refractivity contribution >= 4 is 28.3 Å². The molecule has 0 amide bonds. The maximum Gasteiger partial charge on any atom is 0.101 e. The minimum Gasteiger partial charge on any atom is -0.384 e. The summed E-state index contributed by atoms with van der Waals surface area (Å²) in [5, 5.41) is 9.90. The van der Waals surface area contributed by atoms with Crippen LogP contribution >= 0.6 is 22.6 Å². The quantitative estimate of drug-likeness (QED) is 0.794. The van der Waals surface area contributed by atoms with E-state index in [0.29, 0.717) is 6.54 Å². The van der Waals surface area contributed by atoms with E-state index in [1.807, 2.05) is 12.1 Å². The number of rotatable bonds is 1. The van der Waals surface area contributed by atoms with Crippen LogP contribution < -0.4 is 0 Å². The lowest BCUT2D eigenvalue weighted by atomic mass is 9.95. The molecule has 1 aromatic rings. The fraction of sp³-hybridized carbons (Fsp3) is 0.364. The minimum absolute atomic E-state index is 0.700. The molecule has 0 atom stereocenters. The number of benzene rings is 1. The molecule has 0 unspecified atom stereocenters. The lowest BCUT2D eigenvalue weighted by Crippen LogP contribution is -2.30. The van der Waals surface area contributed by atoms with Crippen LogP contribution in [0.25, 0.3) is 0 Å². The molecule has 1 heterocycles. The zero-order valence-electron chi connectivity index (χ0n) is 8.21. The second-order valence-corrected chi connectivity index (χ2v) is 5.27. The smallest absolute Gasteiger partial charge is 0.101 e. The van der Waals surface area contributed by atoms with Crippen molar-refractivity contribution in [1.29, 1.82) is 0 Å². The summed E-state index contributed by atoms with van der Waals surface area (Å²) in [5.74, 6) is 0. The summed E-state index contributed by atoms with van der Waals surface area (Å²) in [4.78, 5) is 4.38. The van der Waals surface area contributed by atoms with E-state index < -0.39 is 5.60 Å². The van der Waals surface area contributed by atoms with Gasteiger partial charge in [0.15, 0.2) is 0 Å². The van der Waals surface area contributed by atoms with Crippen molar-refractivity contribution in [3.05, 3.63) is 32.9 Å². The maximum absolute atomic E-state index is 9.90. The summed E-state index contributed by atoms with van der Waals surface area (Å²) in [7, 11) is 0. The number of halogens is 1. The Bertz CT molecular complexity index is 404. The van der Waals surface area contributed by atoms with Crippen LogP contribution in [-0.4, -0.2) is 16.4 Å². The molecule has 1 aliphatic rings. The van der Waals surface area contributed by atoms with Crippen molar-refractivity contribution in [3.63, 3.8) is 0 Å². The van der Waals surface area contributed by atoms with E-state index in [2.05, 4.69) is 33.6 Å². The van der Waals surface area contributed by atoms with Crippen LogP contribution in [-0.2, 0) is 6.54 Å². The molecule has 0 radical (unpaired) electrons. The van der Waals surface area contributed by atoms with Crippen molar-refractivity contribution < 1.29 is 5.11 Å². The molecule has 1 N–H and O–H groups in total. The Morgan fingerprint density at radius 1 is 1.43 bits per heavy atom. The van der Waals surface area contributed by atoms with Crippen LogP contribution in [0.4, 0.5) is 0 Å². The van der Waals surface area contributed by atoms with Crippen LogP contribution in [0.3, 0.4) is 0 Å². The third-order valence-corrected chi connectivity index (χ3v) is 2.98. The number of aliphatic hydroxyl groups is 1. The minimum atomic E-state index is -0.835. The van der Waals surface area contributed by atoms with Gasteiger partial charge in [-0.25, -0.2) is 0 Å². The molecular formula is C11H12INO. The van der Waals surface area contributed by atoms with Crippen LogP contribution in [0.5, 0.6) is 0 Å². The summed E-state index contributed by atoms with van der Waals surface area (Å²) in [6, 6.07) is 6.21. The second kappa shape index (κ2) is 3.31. The average Bonchev–Trinajstić information content (AvgIpc) is 2.45. The lowest BCUT2D eigenvalue weighted by molar-refractivity contribution is 0.154. The first-order valence-electron chi connectivity index (χ1n) is 4.54. The predicted octanol–water partition coefficient (Wildman–Crippen LogP) is 2.36. The van der Waals surface area contributed by atoms with Gasteiger partial charge in [-0.1, -0.05) is 6.07 Å². The molecule has 0 aliphatic carbocycles. The van der Waals surface area contributed by atoms with Gasteiger partial charge in [-0.3, -0.25) is 4.99 Å². The lowest BCUT2D eigenvalue weighted by Gasteiger charge is -2.18. The first-order chi connectivity index (χ1) is 6.48. The van der Waals surface area contributed by atoms with Crippen molar-refractivity contribution in [2.24, 2.45) is 4.99 Å². The monoisotopic (exact) mass is 301 g/mol. The normalized spacial score (nSPS) is 15.3. The van der Waals surface area contributed by atoms with Crippen molar-refractivity contribution in [1.82, 2.24) is 0 Å². The van der Waals surface area contributed by atoms with Crippen molar-refractivity contribution in [2.75, 3.05) is 0 Å². The topological polar surface area (TPSA) is 32.6 Å². The molecular weight excluding hydrogens is 289 g/mol. The van der Waals surface area contributed by atoms with Gasteiger partial charge >= 0.3 is 0 Å². The van der Waals surface area contributed by atoms with Crippen molar-refractivity contribution in [3.8, 4) is 0 Å². The van der Waals surface area contributed by atoms with Gasteiger partial charge in [-0.15, -0.1) is 0 Å². The Kier molecular flexibility index (Phi) is 2.39. The van der Waals surface area contributed by atoms with E-state index in [-0.39, 0.29) is 0 Å². The molecule has 0 spiro atoms. The van der Waals surface area contributed by atoms with Gasteiger partial charge in [0.2, 0.25) is 0 Å². The first kappa shape index (κ1) is 10.1. The van der Waals surface area contributed by atoms with E-state index >= 15 is 0 Å². The molecule has 3 heteroatoms. The van der Waals surface area contributed by atoms with E-state index in [1.54, 1.807) is 13.8 Å². The molecule has 0 fully saturated rings. The largest absolute Gasteiger partial charge is 0.384 e. The second-order valence-electron chi connectivity index (χ2n) is 4.03. The van der Waals surface area contributed by atoms with Gasteiger partial charge in [-0.2, -0.15) is 0 Å². The van der Waals surface area contributed by atoms with Crippen LogP contribution in [0.2, 0.25) is 0 Å². The predicted molar refractivity (Wildman–Crippen MR) is 65.7 cm³/mol. The summed E-state index contributed by atoms with van der Waals surface area (Å²) in [5.41, 5.74) is 2.29. The molecule has 1 aromatic carbocycles. The summed E-state index contributed by atoms with van der Waals surface area (Å²) < 4.78 is 1.22. The van der Waals surface area contributed by atoms with E-state index in [0.717, 1.165) is 11.3 Å². The fourth-order valence-corrected chi connectivity index (χ4v) is 2.25. The van der Waals surface area contributed by atoms with Gasteiger partial charge in [0, 0.05) is 9.13 Å². The summed E-state index contributed by atoms with van der Waals surface area (Å²) in [6.07, 6.45) is 0. The molecule has 0 aromatic heterocycles. The number of fused-ring (bicyclic) bond motifs is 1. The van der Waals surface area contributed by atoms with Crippen LogP contribution in [0.15, 0.2) is 23.2 Å². The molecule has 0 saturated carbocycles. The highest BCUT2D eigenvalue weighted by Gasteiger charge is 2.28. The van der Waals surface area contributed by atoms with E-state index in [9.17, 15) is 5.11 Å². The Labute approximate surface area is 97.2 Å². The summed E-state index contributed by atoms with van der Waals surface area (Å²) in [6.45, 7) is 4.25. The Balaban J connectivity index is 2.48. The zero-order chi connectivity index (χ0) is 10.3. The molecule has 2 nitrogen and oxygen atoms in total.